The van der Waals surface area contributed by atoms with E-state index in [0.717, 1.165) is 27.4 Å². The molecule has 3 heterocycles. The molecule has 7 atom stereocenters. The van der Waals surface area contributed by atoms with E-state index >= 15 is 0 Å². The Balaban J connectivity index is 1.14. The average Bonchev–Trinajstić information content (AvgIpc) is 3.28. The number of aliphatic hydroxyl groups excluding tert-OH is 1. The number of aliphatic imine (C=N–C) groups is 1. The molecule has 1 fully saturated rings. The molecule has 24 heteroatoms. The number of benzene rings is 4. The summed E-state index contributed by atoms with van der Waals surface area (Å²) < 4.78 is 0. The molecule has 15 N–H and O–H groups in total. The molecule has 0 unspecified atom stereocenters. The Morgan fingerprint density at radius 2 is 1.17 bits per heavy atom. The number of phenols is 1. The maximum atomic E-state index is 15.0. The predicted molar refractivity (Wildman–Crippen MR) is 327 cm³/mol. The highest BCUT2D eigenvalue weighted by atomic mass is 35.5. The van der Waals surface area contributed by atoms with Gasteiger partial charge in [-0.15, -0.1) is 0 Å². The van der Waals surface area contributed by atoms with Gasteiger partial charge in [0.2, 0.25) is 47.3 Å². The van der Waals surface area contributed by atoms with Crippen molar-refractivity contribution in [3.05, 3.63) is 137 Å². The topological polar surface area (TPSA) is 360 Å². The SMILES string of the molecule is CCNC(=O)[C@@H]1CCCN1C(=O)[C@H](CCCN=C(N)N)NC(=O)[C@H](CC(C)C)NC(=O)[C@@H](Cc1c[nH]c2ccccc12)NC(=O)[C@H](Cc1ccc(O)cc1)NC(=O)[C@H](CO)NC(=O)[C@H](Cc1c[nH]c2ccccc12)NC(=O)CCc1ccc(Cl)cc1. The number of aromatic nitrogens is 2. The number of H-pyrrole nitrogens is 2. The molecular weight excluding hydrogens is 1120 g/mol. The summed E-state index contributed by atoms with van der Waals surface area (Å²) in [5, 5.41) is 42.4. The summed E-state index contributed by atoms with van der Waals surface area (Å²) in [5.41, 5.74) is 15.3. The van der Waals surface area contributed by atoms with Gasteiger partial charge in [0, 0.05) is 84.5 Å². The molecule has 0 bridgehead atoms. The Morgan fingerprint density at radius 1 is 0.663 bits per heavy atom. The van der Waals surface area contributed by atoms with Crippen molar-refractivity contribution in [3.63, 3.8) is 0 Å². The molecule has 1 saturated heterocycles. The van der Waals surface area contributed by atoms with Crippen molar-refractivity contribution in [1.82, 2.24) is 52.1 Å². The number of aliphatic hydroxyl groups is 1. The predicted octanol–water partition coefficient (Wildman–Crippen LogP) is 2.80. The first-order valence-corrected chi connectivity index (χ1v) is 29.4. The van der Waals surface area contributed by atoms with Crippen molar-refractivity contribution in [2.75, 3.05) is 26.2 Å². The number of nitrogens with one attached hydrogen (secondary N) is 9. The number of fused-ring (bicyclic) bond motifs is 2. The van der Waals surface area contributed by atoms with Gasteiger partial charge in [0.1, 0.15) is 48.0 Å². The highest BCUT2D eigenvalue weighted by molar-refractivity contribution is 6.30. The van der Waals surface area contributed by atoms with Gasteiger partial charge in [0.15, 0.2) is 5.96 Å². The minimum atomic E-state index is -1.67. The monoisotopic (exact) mass is 1200 g/mol. The number of guanidine groups is 1. The number of para-hydroxylation sites is 2. The standard InChI is InChI=1S/C62H78ClN13O10/c1-4-66-60(85)53-16-10-28-76(53)61(86)47(15-9-27-67-62(64)65)71-55(80)48(29-36(2)3)72-58(83)51(32-40-34-69-46-14-8-6-12-44(40)46)74-56(81)49(30-38-19-24-42(78)25-20-38)73-59(84)52(35-77)75-57(82)50(31-39-33-68-45-13-7-5-11-43(39)45)70-54(79)26-21-37-17-22-41(63)23-18-37/h5-8,11-14,17-20,22-25,33-34,36,47-53,68-69,77-78H,4,9-10,15-16,21,26-32,35H2,1-3H3,(H,66,85)(H,70,79)(H,71,80)(H,72,83)(H,73,84)(H,74,81)(H,75,82)(H4,64,65,67)/t47-,48-,49-,50-,51+,52-,53-/m0/s1. The van der Waals surface area contributed by atoms with Gasteiger partial charge in [-0.3, -0.25) is 43.3 Å². The number of nitrogens with two attached hydrogens (primary N) is 2. The third-order valence-corrected chi connectivity index (χ3v) is 15.2. The van der Waals surface area contributed by atoms with Gasteiger partial charge < -0.3 is 73.8 Å². The van der Waals surface area contributed by atoms with Crippen LogP contribution in [-0.4, -0.2) is 147 Å². The van der Waals surface area contributed by atoms with Crippen molar-refractivity contribution >= 4 is 86.6 Å². The maximum absolute atomic E-state index is 15.0. The van der Waals surface area contributed by atoms with E-state index in [1.807, 2.05) is 62.4 Å². The number of likely N-dealkylation sites (N-methyl/N-ethyl adjacent to an activating group) is 1. The number of amides is 8. The molecule has 6 aromatic rings. The highest BCUT2D eigenvalue weighted by Gasteiger charge is 2.39. The Labute approximate surface area is 503 Å². The van der Waals surface area contributed by atoms with Gasteiger partial charge in [-0.2, -0.15) is 0 Å². The summed E-state index contributed by atoms with van der Waals surface area (Å²) >= 11 is 6.07. The molecule has 23 nitrogen and oxygen atoms in total. The molecule has 1 aliphatic heterocycles. The molecule has 4 aromatic carbocycles. The minimum Gasteiger partial charge on any atom is -0.508 e. The Morgan fingerprint density at radius 3 is 1.74 bits per heavy atom. The van der Waals surface area contributed by atoms with Gasteiger partial charge in [-0.25, -0.2) is 0 Å². The summed E-state index contributed by atoms with van der Waals surface area (Å²) in [6.45, 7) is 5.32. The van der Waals surface area contributed by atoms with E-state index < -0.39 is 90.3 Å². The number of aromatic amines is 2. The van der Waals surface area contributed by atoms with Crippen LogP contribution in [0.4, 0.5) is 0 Å². The summed E-state index contributed by atoms with van der Waals surface area (Å²) in [7, 11) is 0. The lowest BCUT2D eigenvalue weighted by molar-refractivity contribution is -0.142. The molecule has 8 amide bonds. The van der Waals surface area contributed by atoms with E-state index in [4.69, 9.17) is 23.1 Å². The van der Waals surface area contributed by atoms with Crippen LogP contribution in [0.15, 0.2) is 114 Å². The van der Waals surface area contributed by atoms with Crippen LogP contribution in [0.2, 0.25) is 5.02 Å². The molecule has 86 heavy (non-hydrogen) atoms. The number of carbonyl (C=O) groups excluding carboxylic acids is 8. The third-order valence-electron chi connectivity index (χ3n) is 15.0. The third kappa shape index (κ3) is 18.3. The number of aryl methyl sites for hydroxylation is 1. The molecule has 0 radical (unpaired) electrons. The van der Waals surface area contributed by atoms with E-state index in [-0.39, 0.29) is 81.6 Å². The fraction of sp³-hybridized carbons (Fsp3) is 0.403. The lowest BCUT2D eigenvalue weighted by atomic mass is 9.99. The van der Waals surface area contributed by atoms with Gasteiger partial charge in [-0.05, 0) is 110 Å². The normalized spacial score (nSPS) is 15.1. The molecule has 2 aromatic heterocycles. The van der Waals surface area contributed by atoms with E-state index in [2.05, 4.69) is 52.2 Å². The molecular formula is C62H78ClN13O10. The number of carbonyl (C=O) groups is 8. The van der Waals surface area contributed by atoms with Gasteiger partial charge in [0.05, 0.1) is 6.61 Å². The van der Waals surface area contributed by atoms with Crippen LogP contribution in [0, 0.1) is 5.92 Å². The second-order valence-electron chi connectivity index (χ2n) is 21.9. The molecule has 458 valence electrons. The first-order chi connectivity index (χ1) is 41.3. The Bertz CT molecular complexity index is 3340. The number of nitrogens with zero attached hydrogens (tertiary/aromatic N) is 2. The van der Waals surface area contributed by atoms with Crippen LogP contribution in [-0.2, 0) is 64.0 Å². The van der Waals surface area contributed by atoms with E-state index in [0.29, 0.717) is 47.5 Å². The van der Waals surface area contributed by atoms with Crippen LogP contribution >= 0.6 is 11.6 Å². The number of rotatable bonds is 30. The van der Waals surface area contributed by atoms with E-state index in [1.54, 1.807) is 43.6 Å². The number of aromatic hydroxyl groups is 1. The highest BCUT2D eigenvalue weighted by Crippen LogP contribution is 2.24. The van der Waals surface area contributed by atoms with Gasteiger partial charge in [-0.1, -0.05) is 86.1 Å². The summed E-state index contributed by atoms with van der Waals surface area (Å²) in [6.07, 6.45) is 4.86. The number of halogens is 1. The van der Waals surface area contributed by atoms with Crippen molar-refractivity contribution in [3.8, 4) is 5.75 Å². The van der Waals surface area contributed by atoms with Crippen molar-refractivity contribution in [2.45, 2.75) is 127 Å². The van der Waals surface area contributed by atoms with Crippen LogP contribution in [0.3, 0.4) is 0 Å². The zero-order valence-corrected chi connectivity index (χ0v) is 49.3. The number of phenolic OH excluding ortho intramolecular Hbond substituents is 1. The molecule has 0 spiro atoms. The first kappa shape index (κ1) is 64.6. The Hall–Kier alpha value is -8.96. The number of likely N-dealkylation sites (tertiary alicyclic amines) is 1. The van der Waals surface area contributed by atoms with E-state index in [9.17, 15) is 48.6 Å². The van der Waals surface area contributed by atoms with Crippen molar-refractivity contribution < 1.29 is 48.6 Å². The minimum absolute atomic E-state index is 0.00714. The number of hydrogen-bond acceptors (Lipinski definition) is 11. The molecule has 0 saturated carbocycles. The second kappa shape index (κ2) is 31.3. The summed E-state index contributed by atoms with van der Waals surface area (Å²) in [5.74, 6) is -5.82. The van der Waals surface area contributed by atoms with Crippen LogP contribution in [0.25, 0.3) is 21.8 Å². The molecule has 0 aliphatic carbocycles. The Kier molecular flexibility index (Phi) is 23.5. The van der Waals surface area contributed by atoms with Gasteiger partial charge >= 0.3 is 0 Å². The van der Waals surface area contributed by atoms with Crippen LogP contribution < -0.4 is 48.7 Å². The largest absolute Gasteiger partial charge is 0.508 e. The smallest absolute Gasteiger partial charge is 0.245 e. The lowest BCUT2D eigenvalue weighted by Gasteiger charge is -2.30. The first-order valence-electron chi connectivity index (χ1n) is 29.0. The summed E-state index contributed by atoms with van der Waals surface area (Å²) in [4.78, 5) is 126. The van der Waals surface area contributed by atoms with Crippen molar-refractivity contribution in [1.29, 1.82) is 0 Å². The van der Waals surface area contributed by atoms with Gasteiger partial charge in [0.25, 0.3) is 0 Å². The second-order valence-corrected chi connectivity index (χ2v) is 22.3. The number of hydrogen-bond donors (Lipinski definition) is 13. The van der Waals surface area contributed by atoms with Crippen molar-refractivity contribution in [2.24, 2.45) is 22.4 Å². The lowest BCUT2D eigenvalue weighted by Crippen LogP contribution is -2.61. The zero-order valence-electron chi connectivity index (χ0n) is 48.5. The zero-order chi connectivity index (χ0) is 61.9. The quantitative estimate of drug-likeness (QED) is 0.0176. The molecule has 7 rings (SSSR count). The fourth-order valence-electron chi connectivity index (χ4n) is 10.5. The van der Waals surface area contributed by atoms with E-state index in [1.165, 1.54) is 29.2 Å². The average molecular weight is 1200 g/mol. The maximum Gasteiger partial charge on any atom is 0.245 e. The summed E-state index contributed by atoms with van der Waals surface area (Å²) in [6, 6.07) is 18.6. The van der Waals surface area contributed by atoms with Crippen LogP contribution in [0.1, 0.15) is 81.5 Å². The molecule has 1 aliphatic rings. The van der Waals surface area contributed by atoms with Crippen LogP contribution in [0.5, 0.6) is 5.75 Å². The fourth-order valence-corrected chi connectivity index (χ4v) is 10.7.